The minimum atomic E-state index is -4.96. The molecule has 160 valence electrons. The molecule has 2 aliphatic rings. The quantitative estimate of drug-likeness (QED) is 0.713. The number of fused-ring (bicyclic) bond motifs is 2. The lowest BCUT2D eigenvalue weighted by Gasteiger charge is -2.43. The number of ether oxygens (including phenoxy) is 1. The van der Waals surface area contributed by atoms with Crippen LogP contribution in [0.2, 0.25) is 0 Å². The van der Waals surface area contributed by atoms with Crippen molar-refractivity contribution in [2.75, 3.05) is 11.9 Å². The van der Waals surface area contributed by atoms with Crippen molar-refractivity contribution in [2.24, 2.45) is 11.7 Å². The number of carbonyl (C=O) groups excluding carboxylic acids is 2. The number of aromatic nitrogens is 3. The van der Waals surface area contributed by atoms with Crippen molar-refractivity contribution in [3.63, 3.8) is 0 Å². The zero-order valence-corrected chi connectivity index (χ0v) is 15.7. The van der Waals surface area contributed by atoms with Crippen LogP contribution in [0.5, 0.6) is 5.75 Å². The first-order chi connectivity index (χ1) is 14.0. The van der Waals surface area contributed by atoms with Crippen LogP contribution in [-0.2, 0) is 16.8 Å². The van der Waals surface area contributed by atoms with E-state index in [0.717, 1.165) is 6.07 Å². The number of benzene rings is 1. The van der Waals surface area contributed by atoms with Crippen LogP contribution in [0.15, 0.2) is 12.1 Å². The fourth-order valence-electron chi connectivity index (χ4n) is 4.09. The number of alkyl halides is 3. The highest BCUT2D eigenvalue weighted by molar-refractivity contribution is 5.96. The number of hydrogen-bond acceptors (Lipinski definition) is 5. The van der Waals surface area contributed by atoms with Gasteiger partial charge in [0.15, 0.2) is 11.4 Å². The maximum atomic E-state index is 14.5. The standard InChI is InChI=1S/C18H17F4N5O3/c1-8-5-10(19)13-11(6-8)30-7-9(16(29)25-13)17(18(20,21)22)4-2-3-12-24-15(14(23)28)26-27(12)17/h5-6,9H,2-4,7H2,1H3,(H2,23,28)(H,25,29)/t9-,17?/m0/s1. The van der Waals surface area contributed by atoms with Gasteiger partial charge in [-0.15, -0.1) is 5.10 Å². The zero-order chi connectivity index (χ0) is 21.8. The molecule has 0 saturated carbocycles. The first kappa shape index (κ1) is 20.1. The van der Waals surface area contributed by atoms with E-state index < -0.39 is 54.1 Å². The Morgan fingerprint density at radius 3 is 2.80 bits per heavy atom. The third-order valence-electron chi connectivity index (χ3n) is 5.47. The van der Waals surface area contributed by atoms with Crippen LogP contribution in [0.1, 0.15) is 34.8 Å². The lowest BCUT2D eigenvalue weighted by Crippen LogP contribution is -2.60. The van der Waals surface area contributed by atoms with Crippen molar-refractivity contribution >= 4 is 17.5 Å². The highest BCUT2D eigenvalue weighted by Crippen LogP contribution is 2.50. The zero-order valence-electron chi connectivity index (χ0n) is 15.7. The highest BCUT2D eigenvalue weighted by atomic mass is 19.4. The van der Waals surface area contributed by atoms with E-state index in [-0.39, 0.29) is 30.1 Å². The third-order valence-corrected chi connectivity index (χ3v) is 5.47. The second-order valence-electron chi connectivity index (χ2n) is 7.38. The third kappa shape index (κ3) is 2.89. The van der Waals surface area contributed by atoms with Crippen LogP contribution >= 0.6 is 0 Å². The lowest BCUT2D eigenvalue weighted by molar-refractivity contribution is -0.243. The van der Waals surface area contributed by atoms with Gasteiger partial charge in [-0.1, -0.05) is 0 Å². The molecule has 0 spiro atoms. The van der Waals surface area contributed by atoms with Crippen molar-refractivity contribution < 1.29 is 31.9 Å². The molecule has 0 fully saturated rings. The van der Waals surface area contributed by atoms with Crippen LogP contribution in [0, 0.1) is 18.7 Å². The summed E-state index contributed by atoms with van der Waals surface area (Å²) in [5.74, 6) is -5.53. The fourth-order valence-corrected chi connectivity index (χ4v) is 4.09. The van der Waals surface area contributed by atoms with Gasteiger partial charge in [0, 0.05) is 6.42 Å². The Labute approximate surface area is 167 Å². The molecule has 30 heavy (non-hydrogen) atoms. The average molecular weight is 427 g/mol. The summed E-state index contributed by atoms with van der Waals surface area (Å²) in [4.78, 5) is 28.2. The second-order valence-corrected chi connectivity index (χ2v) is 7.38. The molecule has 2 aliphatic heterocycles. The molecule has 1 aromatic carbocycles. The van der Waals surface area contributed by atoms with E-state index in [1.807, 2.05) is 0 Å². The predicted octanol–water partition coefficient (Wildman–Crippen LogP) is 2.07. The summed E-state index contributed by atoms with van der Waals surface area (Å²) in [5, 5.41) is 5.92. The minimum absolute atomic E-state index is 0.0423. The Bertz CT molecular complexity index is 1050. The Balaban J connectivity index is 1.85. The van der Waals surface area contributed by atoms with Crippen LogP contribution < -0.4 is 15.8 Å². The number of nitrogens with two attached hydrogens (primary N) is 1. The molecule has 2 amide bonds. The van der Waals surface area contributed by atoms with Crippen LogP contribution in [0.25, 0.3) is 0 Å². The minimum Gasteiger partial charge on any atom is -0.490 e. The van der Waals surface area contributed by atoms with E-state index in [0.29, 0.717) is 10.2 Å². The molecule has 4 rings (SSSR count). The van der Waals surface area contributed by atoms with Crippen molar-refractivity contribution in [3.05, 3.63) is 35.2 Å². The van der Waals surface area contributed by atoms with Gasteiger partial charge < -0.3 is 15.8 Å². The summed E-state index contributed by atoms with van der Waals surface area (Å²) in [6.45, 7) is 0.911. The topological polar surface area (TPSA) is 112 Å². The second kappa shape index (κ2) is 6.67. The van der Waals surface area contributed by atoms with E-state index in [1.165, 1.54) is 6.07 Å². The SMILES string of the molecule is Cc1cc(F)c2c(c1)OC[C@H](C1(C(F)(F)F)CCCc3nc(C(N)=O)nn31)C(=O)N2. The molecule has 12 heteroatoms. The number of amides is 2. The average Bonchev–Trinajstić information content (AvgIpc) is 3.01. The summed E-state index contributed by atoms with van der Waals surface area (Å²) in [6.07, 6.45) is -5.28. The van der Waals surface area contributed by atoms with Crippen molar-refractivity contribution in [1.29, 1.82) is 0 Å². The Morgan fingerprint density at radius 2 is 2.13 bits per heavy atom. The summed E-state index contributed by atoms with van der Waals surface area (Å²) in [7, 11) is 0. The molecule has 3 N–H and O–H groups in total. The monoisotopic (exact) mass is 427 g/mol. The van der Waals surface area contributed by atoms with E-state index in [4.69, 9.17) is 10.5 Å². The van der Waals surface area contributed by atoms with E-state index in [9.17, 15) is 27.2 Å². The normalized spacial score (nSPS) is 23.6. The van der Waals surface area contributed by atoms with Crippen molar-refractivity contribution in [1.82, 2.24) is 14.8 Å². The van der Waals surface area contributed by atoms with E-state index in [2.05, 4.69) is 15.4 Å². The van der Waals surface area contributed by atoms with Crippen molar-refractivity contribution in [3.8, 4) is 5.75 Å². The Hall–Kier alpha value is -3.18. The molecule has 0 saturated heterocycles. The van der Waals surface area contributed by atoms with Gasteiger partial charge in [0.05, 0.1) is 0 Å². The van der Waals surface area contributed by atoms with Crippen molar-refractivity contribution in [2.45, 2.75) is 37.9 Å². The number of hydrogen-bond donors (Lipinski definition) is 2. The first-order valence-corrected chi connectivity index (χ1v) is 9.11. The molecule has 0 bridgehead atoms. The molecule has 1 aromatic heterocycles. The maximum Gasteiger partial charge on any atom is 0.414 e. The largest absolute Gasteiger partial charge is 0.490 e. The highest BCUT2D eigenvalue weighted by Gasteiger charge is 2.65. The molecular weight excluding hydrogens is 410 g/mol. The van der Waals surface area contributed by atoms with E-state index >= 15 is 0 Å². The summed E-state index contributed by atoms with van der Waals surface area (Å²) in [5.41, 5.74) is 2.46. The molecule has 0 radical (unpaired) electrons. The van der Waals surface area contributed by atoms with Gasteiger partial charge >= 0.3 is 6.18 Å². The molecule has 3 heterocycles. The number of nitrogens with one attached hydrogen (secondary N) is 1. The molecule has 2 atom stereocenters. The molecule has 1 unspecified atom stereocenters. The Kier molecular flexibility index (Phi) is 4.47. The summed E-state index contributed by atoms with van der Waals surface area (Å²) < 4.78 is 64.0. The van der Waals surface area contributed by atoms with Crippen LogP contribution in [0.4, 0.5) is 23.2 Å². The van der Waals surface area contributed by atoms with Crippen LogP contribution in [-0.4, -0.2) is 39.4 Å². The number of nitrogens with zero attached hydrogens (tertiary/aromatic N) is 3. The number of halogens is 4. The number of anilines is 1. The van der Waals surface area contributed by atoms with Gasteiger partial charge in [-0.2, -0.15) is 13.2 Å². The molecular formula is C18H17F4N5O3. The van der Waals surface area contributed by atoms with Gasteiger partial charge in [-0.25, -0.2) is 14.1 Å². The maximum absolute atomic E-state index is 14.5. The van der Waals surface area contributed by atoms with Crippen LogP contribution in [0.3, 0.4) is 0 Å². The number of rotatable bonds is 2. The number of primary amides is 1. The fraction of sp³-hybridized carbons (Fsp3) is 0.444. The Morgan fingerprint density at radius 1 is 1.40 bits per heavy atom. The molecule has 8 nitrogen and oxygen atoms in total. The van der Waals surface area contributed by atoms with Gasteiger partial charge in [0.2, 0.25) is 11.7 Å². The molecule has 0 aliphatic carbocycles. The first-order valence-electron chi connectivity index (χ1n) is 9.11. The predicted molar refractivity (Wildman–Crippen MR) is 94.3 cm³/mol. The van der Waals surface area contributed by atoms with Gasteiger partial charge in [0.1, 0.15) is 29.8 Å². The van der Waals surface area contributed by atoms with Gasteiger partial charge in [0.25, 0.3) is 5.91 Å². The smallest absolute Gasteiger partial charge is 0.414 e. The van der Waals surface area contributed by atoms with Gasteiger partial charge in [-0.3, -0.25) is 9.59 Å². The van der Waals surface area contributed by atoms with Gasteiger partial charge in [-0.05, 0) is 37.5 Å². The number of aryl methyl sites for hydroxylation is 2. The van der Waals surface area contributed by atoms with E-state index in [1.54, 1.807) is 6.92 Å². The number of carbonyl (C=O) groups is 2. The summed E-state index contributed by atoms with van der Waals surface area (Å²) in [6, 6.07) is 2.56. The summed E-state index contributed by atoms with van der Waals surface area (Å²) >= 11 is 0. The lowest BCUT2D eigenvalue weighted by atomic mass is 9.76. The molecule has 2 aromatic rings.